The molecule has 8 nitrogen and oxygen atoms in total. The summed E-state index contributed by atoms with van der Waals surface area (Å²) in [6.45, 7) is 0.647. The van der Waals surface area contributed by atoms with Gasteiger partial charge in [0.05, 0.1) is 13.7 Å². The third kappa shape index (κ3) is 5.75. The van der Waals surface area contributed by atoms with Gasteiger partial charge >= 0.3 is 0 Å². The predicted molar refractivity (Wildman–Crippen MR) is 141 cm³/mol. The number of methoxy groups -OCH3 is 1. The number of benzene rings is 3. The molecule has 2 aromatic heterocycles. The van der Waals surface area contributed by atoms with E-state index in [1.165, 1.54) is 0 Å². The summed E-state index contributed by atoms with van der Waals surface area (Å²) < 4.78 is 12.7. The molecule has 5 aromatic rings. The number of carbonyl (C=O) groups is 1. The normalized spacial score (nSPS) is 11.0. The Morgan fingerprint density at radius 2 is 1.54 bits per heavy atom. The van der Waals surface area contributed by atoms with Gasteiger partial charge in [0.2, 0.25) is 11.8 Å². The number of fused-ring (bicyclic) bond motifs is 1. The van der Waals surface area contributed by atoms with Crippen LogP contribution < -0.4 is 14.8 Å². The number of amides is 1. The highest BCUT2D eigenvalue weighted by molar-refractivity contribution is 5.77. The van der Waals surface area contributed by atoms with E-state index in [-0.39, 0.29) is 18.4 Å². The Balaban J connectivity index is 1.19. The molecule has 1 amide bonds. The SMILES string of the molecule is COc1ccc(-c2nnc3ccc(OCCNC(=O)CC(c4ccccc4)c4ccccc4)nn23)cc1. The highest BCUT2D eigenvalue weighted by Gasteiger charge is 2.18. The molecule has 0 radical (unpaired) electrons. The van der Waals surface area contributed by atoms with Gasteiger partial charge in [-0.25, -0.2) is 0 Å². The molecule has 0 spiro atoms. The van der Waals surface area contributed by atoms with E-state index < -0.39 is 0 Å². The standard InChI is InChI=1S/C29H27N5O3/c1-36-24-14-12-23(13-15-24)29-32-31-26-16-17-28(33-34(26)29)37-19-18-30-27(35)20-25(21-8-4-2-5-9-21)22-10-6-3-7-11-22/h2-17,25H,18-20H2,1H3,(H,30,35). The smallest absolute Gasteiger partial charge is 0.231 e. The van der Waals surface area contributed by atoms with Crippen molar-refractivity contribution < 1.29 is 14.3 Å². The van der Waals surface area contributed by atoms with Crippen LogP contribution in [0.4, 0.5) is 0 Å². The zero-order valence-corrected chi connectivity index (χ0v) is 20.4. The molecule has 0 bridgehead atoms. The van der Waals surface area contributed by atoms with Crippen molar-refractivity contribution in [2.24, 2.45) is 0 Å². The highest BCUT2D eigenvalue weighted by atomic mass is 16.5. The van der Waals surface area contributed by atoms with Crippen LogP contribution in [-0.2, 0) is 4.79 Å². The summed E-state index contributed by atoms with van der Waals surface area (Å²) in [5.74, 6) is 1.73. The summed E-state index contributed by atoms with van der Waals surface area (Å²) in [5, 5.41) is 15.9. The number of carbonyl (C=O) groups excluding carboxylic acids is 1. The zero-order valence-electron chi connectivity index (χ0n) is 20.4. The van der Waals surface area contributed by atoms with Gasteiger partial charge in [-0.05, 0) is 41.5 Å². The Bertz CT molecular complexity index is 1410. The first-order valence-corrected chi connectivity index (χ1v) is 12.1. The van der Waals surface area contributed by atoms with Crippen LogP contribution in [0, 0.1) is 0 Å². The van der Waals surface area contributed by atoms with Crippen LogP contribution in [0.5, 0.6) is 11.6 Å². The van der Waals surface area contributed by atoms with E-state index >= 15 is 0 Å². The fraction of sp³-hybridized carbons (Fsp3) is 0.172. The molecule has 5 rings (SSSR count). The van der Waals surface area contributed by atoms with Crippen LogP contribution in [0.3, 0.4) is 0 Å². The minimum atomic E-state index is -0.0367. The minimum absolute atomic E-state index is 0.0162. The molecule has 0 aliphatic rings. The Morgan fingerprint density at radius 1 is 0.865 bits per heavy atom. The number of nitrogens with one attached hydrogen (secondary N) is 1. The minimum Gasteiger partial charge on any atom is -0.497 e. The maximum atomic E-state index is 12.8. The highest BCUT2D eigenvalue weighted by Crippen LogP contribution is 2.27. The van der Waals surface area contributed by atoms with E-state index in [9.17, 15) is 4.79 Å². The van der Waals surface area contributed by atoms with Gasteiger partial charge in [0.1, 0.15) is 12.4 Å². The van der Waals surface area contributed by atoms with Crippen molar-refractivity contribution in [1.82, 2.24) is 25.1 Å². The van der Waals surface area contributed by atoms with Crippen LogP contribution in [0.15, 0.2) is 97.1 Å². The molecule has 0 saturated carbocycles. The fourth-order valence-electron chi connectivity index (χ4n) is 4.17. The van der Waals surface area contributed by atoms with Crippen LogP contribution >= 0.6 is 0 Å². The summed E-state index contributed by atoms with van der Waals surface area (Å²) in [5.41, 5.74) is 3.69. The van der Waals surface area contributed by atoms with Crippen LogP contribution in [0.1, 0.15) is 23.5 Å². The van der Waals surface area contributed by atoms with Crippen molar-refractivity contribution in [3.8, 4) is 23.0 Å². The summed E-state index contributed by atoms with van der Waals surface area (Å²) in [6.07, 6.45) is 0.351. The molecule has 8 heteroatoms. The Hall–Kier alpha value is -4.72. The number of nitrogens with zero attached hydrogens (tertiary/aromatic N) is 4. The average Bonchev–Trinajstić information content (AvgIpc) is 3.38. The second kappa shape index (κ2) is 11.3. The van der Waals surface area contributed by atoms with Crippen molar-refractivity contribution in [1.29, 1.82) is 0 Å². The first-order valence-electron chi connectivity index (χ1n) is 12.1. The van der Waals surface area contributed by atoms with Crippen molar-refractivity contribution in [3.63, 3.8) is 0 Å². The van der Waals surface area contributed by atoms with Crippen molar-refractivity contribution in [2.75, 3.05) is 20.3 Å². The fourth-order valence-corrected chi connectivity index (χ4v) is 4.17. The molecular formula is C29H27N5O3. The lowest BCUT2D eigenvalue weighted by Crippen LogP contribution is -2.29. The van der Waals surface area contributed by atoms with Gasteiger partial charge in [0, 0.05) is 24.0 Å². The largest absolute Gasteiger partial charge is 0.497 e. The van der Waals surface area contributed by atoms with Crippen LogP contribution in [0.2, 0.25) is 0 Å². The van der Waals surface area contributed by atoms with Crippen molar-refractivity contribution in [2.45, 2.75) is 12.3 Å². The Labute approximate surface area is 214 Å². The van der Waals surface area contributed by atoms with Gasteiger partial charge in [-0.15, -0.1) is 15.3 Å². The molecule has 37 heavy (non-hydrogen) atoms. The Morgan fingerprint density at radius 3 is 2.19 bits per heavy atom. The second-order valence-electron chi connectivity index (χ2n) is 8.47. The van der Waals surface area contributed by atoms with Gasteiger partial charge in [0.15, 0.2) is 11.5 Å². The van der Waals surface area contributed by atoms with E-state index in [4.69, 9.17) is 9.47 Å². The average molecular weight is 494 g/mol. The Kier molecular flexibility index (Phi) is 7.36. The van der Waals surface area contributed by atoms with E-state index in [2.05, 4.69) is 44.9 Å². The first-order chi connectivity index (χ1) is 18.2. The van der Waals surface area contributed by atoms with E-state index in [0.29, 0.717) is 30.3 Å². The third-order valence-corrected chi connectivity index (χ3v) is 6.05. The molecule has 0 atom stereocenters. The van der Waals surface area contributed by atoms with Gasteiger partial charge in [-0.1, -0.05) is 60.7 Å². The maximum absolute atomic E-state index is 12.8. The monoisotopic (exact) mass is 493 g/mol. The van der Waals surface area contributed by atoms with Crippen LogP contribution in [-0.4, -0.2) is 46.0 Å². The van der Waals surface area contributed by atoms with E-state index in [1.54, 1.807) is 23.8 Å². The summed E-state index contributed by atoms with van der Waals surface area (Å²) in [6, 6.07) is 31.2. The molecular weight excluding hydrogens is 466 g/mol. The molecule has 0 aliphatic heterocycles. The molecule has 186 valence electrons. The van der Waals surface area contributed by atoms with Crippen molar-refractivity contribution in [3.05, 3.63) is 108 Å². The van der Waals surface area contributed by atoms with E-state index in [0.717, 1.165) is 22.4 Å². The lowest BCUT2D eigenvalue weighted by molar-refractivity contribution is -0.121. The lowest BCUT2D eigenvalue weighted by atomic mass is 9.88. The summed E-state index contributed by atoms with van der Waals surface area (Å²) in [4.78, 5) is 12.8. The maximum Gasteiger partial charge on any atom is 0.231 e. The third-order valence-electron chi connectivity index (χ3n) is 6.05. The predicted octanol–water partition coefficient (Wildman–Crippen LogP) is 4.52. The molecule has 0 fully saturated rings. The molecule has 1 N–H and O–H groups in total. The summed E-state index contributed by atoms with van der Waals surface area (Å²) in [7, 11) is 1.62. The molecule has 0 saturated heterocycles. The topological polar surface area (TPSA) is 90.6 Å². The van der Waals surface area contributed by atoms with Gasteiger partial charge in [-0.2, -0.15) is 4.52 Å². The lowest BCUT2D eigenvalue weighted by Gasteiger charge is -2.18. The number of hydrogen-bond donors (Lipinski definition) is 1. The van der Waals surface area contributed by atoms with Crippen molar-refractivity contribution >= 4 is 11.6 Å². The molecule has 2 heterocycles. The first kappa shape index (κ1) is 24.0. The van der Waals surface area contributed by atoms with Gasteiger partial charge in [-0.3, -0.25) is 4.79 Å². The van der Waals surface area contributed by atoms with Crippen LogP contribution in [0.25, 0.3) is 17.0 Å². The van der Waals surface area contributed by atoms with Gasteiger partial charge in [0.25, 0.3) is 0 Å². The van der Waals surface area contributed by atoms with Gasteiger partial charge < -0.3 is 14.8 Å². The zero-order chi connectivity index (χ0) is 25.5. The molecule has 0 aliphatic carbocycles. The van der Waals surface area contributed by atoms with E-state index in [1.807, 2.05) is 60.7 Å². The summed E-state index contributed by atoms with van der Waals surface area (Å²) >= 11 is 0. The molecule has 0 unspecified atom stereocenters. The quantitative estimate of drug-likeness (QED) is 0.288. The molecule has 3 aromatic carbocycles. The second-order valence-corrected chi connectivity index (χ2v) is 8.47. The number of aromatic nitrogens is 4. The number of ether oxygens (including phenoxy) is 2. The number of rotatable bonds is 10. The number of hydrogen-bond acceptors (Lipinski definition) is 6.